The first-order valence-electron chi connectivity index (χ1n) is 8.82. The number of carbonyl (C=O) groups is 2. The molecule has 29 heavy (non-hydrogen) atoms. The van der Waals surface area contributed by atoms with Gasteiger partial charge in [-0.15, -0.1) is 0 Å². The highest BCUT2D eigenvalue weighted by Gasteiger charge is 2.17. The van der Waals surface area contributed by atoms with Gasteiger partial charge in [0.1, 0.15) is 17.1 Å². The summed E-state index contributed by atoms with van der Waals surface area (Å²) in [7, 11) is 0. The lowest BCUT2D eigenvalue weighted by Crippen LogP contribution is -2.25. The van der Waals surface area contributed by atoms with E-state index in [9.17, 15) is 9.59 Å². The van der Waals surface area contributed by atoms with Crippen molar-refractivity contribution in [1.29, 1.82) is 0 Å². The smallest absolute Gasteiger partial charge is 0.262 e. The molecule has 1 aromatic heterocycles. The summed E-state index contributed by atoms with van der Waals surface area (Å²) in [6.45, 7) is 1.93. The van der Waals surface area contributed by atoms with Crippen molar-refractivity contribution in [2.45, 2.75) is 6.92 Å². The normalized spacial score (nSPS) is 12.4. The molecule has 0 fully saturated rings. The van der Waals surface area contributed by atoms with Crippen LogP contribution in [0.3, 0.4) is 0 Å². The standard InChI is InChI=1S/C20H18N6O3/c1-11-3-2-4-12(7-11)23-19-14(18(21)28)9-22-20(26-19)24-13-5-6-15-16(8-13)29-10-17(27)25-15/h2-9H,10H2,1H3,(H2,21,28)(H,25,27)(H2,22,23,24,26). The highest BCUT2D eigenvalue weighted by Crippen LogP contribution is 2.31. The van der Waals surface area contributed by atoms with Crippen LogP contribution in [-0.4, -0.2) is 28.4 Å². The molecule has 9 heteroatoms. The van der Waals surface area contributed by atoms with Gasteiger partial charge in [-0.3, -0.25) is 9.59 Å². The molecule has 4 rings (SSSR count). The molecule has 0 saturated carbocycles. The number of nitrogens with one attached hydrogen (secondary N) is 3. The molecule has 0 aliphatic carbocycles. The number of rotatable bonds is 5. The van der Waals surface area contributed by atoms with Gasteiger partial charge in [0.2, 0.25) is 5.95 Å². The van der Waals surface area contributed by atoms with E-state index in [1.165, 1.54) is 6.20 Å². The Labute approximate surface area is 166 Å². The summed E-state index contributed by atoms with van der Waals surface area (Å²) in [4.78, 5) is 31.7. The minimum atomic E-state index is -0.635. The second kappa shape index (κ2) is 7.47. The van der Waals surface area contributed by atoms with Crippen molar-refractivity contribution in [3.63, 3.8) is 0 Å². The molecule has 0 saturated heterocycles. The molecule has 1 aliphatic rings. The van der Waals surface area contributed by atoms with Crippen molar-refractivity contribution < 1.29 is 14.3 Å². The van der Waals surface area contributed by atoms with Gasteiger partial charge in [-0.1, -0.05) is 12.1 Å². The van der Waals surface area contributed by atoms with E-state index in [1.54, 1.807) is 18.2 Å². The number of carbonyl (C=O) groups excluding carboxylic acids is 2. The number of fused-ring (bicyclic) bond motifs is 1. The monoisotopic (exact) mass is 390 g/mol. The zero-order chi connectivity index (χ0) is 20.4. The zero-order valence-electron chi connectivity index (χ0n) is 15.5. The van der Waals surface area contributed by atoms with E-state index in [-0.39, 0.29) is 24.0 Å². The first-order chi connectivity index (χ1) is 14.0. The summed E-state index contributed by atoms with van der Waals surface area (Å²) in [5, 5.41) is 8.90. The number of amides is 2. The topological polar surface area (TPSA) is 131 Å². The number of hydrogen-bond donors (Lipinski definition) is 4. The van der Waals surface area contributed by atoms with Crippen LogP contribution in [0.15, 0.2) is 48.7 Å². The number of aromatic nitrogens is 2. The average molecular weight is 390 g/mol. The number of primary amides is 1. The summed E-state index contributed by atoms with van der Waals surface area (Å²) in [5.41, 5.74) is 8.72. The van der Waals surface area contributed by atoms with Crippen LogP contribution >= 0.6 is 0 Å². The Kier molecular flexibility index (Phi) is 4.70. The lowest BCUT2D eigenvalue weighted by Gasteiger charge is -2.18. The first kappa shape index (κ1) is 18.2. The van der Waals surface area contributed by atoms with Gasteiger partial charge in [-0.25, -0.2) is 4.98 Å². The fourth-order valence-corrected chi connectivity index (χ4v) is 2.86. The van der Waals surface area contributed by atoms with Gasteiger partial charge >= 0.3 is 0 Å². The van der Waals surface area contributed by atoms with Gasteiger partial charge in [0, 0.05) is 23.6 Å². The maximum atomic E-state index is 11.8. The minimum absolute atomic E-state index is 0.0369. The number of hydrogen-bond acceptors (Lipinski definition) is 7. The lowest BCUT2D eigenvalue weighted by atomic mass is 10.2. The molecular formula is C20H18N6O3. The second-order valence-corrected chi connectivity index (χ2v) is 6.49. The van der Waals surface area contributed by atoms with Crippen LogP contribution in [0.25, 0.3) is 0 Å². The number of anilines is 5. The highest BCUT2D eigenvalue weighted by atomic mass is 16.5. The third-order valence-electron chi connectivity index (χ3n) is 4.21. The van der Waals surface area contributed by atoms with Crippen LogP contribution in [0.5, 0.6) is 5.75 Å². The van der Waals surface area contributed by atoms with Crippen molar-refractivity contribution in [2.24, 2.45) is 5.73 Å². The van der Waals surface area contributed by atoms with E-state index in [0.29, 0.717) is 22.9 Å². The molecular weight excluding hydrogens is 372 g/mol. The van der Waals surface area contributed by atoms with Gasteiger partial charge in [0.15, 0.2) is 6.61 Å². The quantitative estimate of drug-likeness (QED) is 0.527. The molecule has 2 aromatic carbocycles. The van der Waals surface area contributed by atoms with Gasteiger partial charge in [0.25, 0.3) is 11.8 Å². The molecule has 1 aliphatic heterocycles. The molecule has 2 amide bonds. The molecule has 0 radical (unpaired) electrons. The molecule has 0 bridgehead atoms. The van der Waals surface area contributed by atoms with Gasteiger partial charge in [-0.2, -0.15) is 4.98 Å². The van der Waals surface area contributed by atoms with Crippen LogP contribution in [0.1, 0.15) is 15.9 Å². The maximum absolute atomic E-state index is 11.8. The SMILES string of the molecule is Cc1cccc(Nc2nc(Nc3ccc4c(c3)OCC(=O)N4)ncc2C(N)=O)c1. The summed E-state index contributed by atoms with van der Waals surface area (Å²) in [5.74, 6) is 0.272. The molecule has 146 valence electrons. The fraction of sp³-hybridized carbons (Fsp3) is 0.100. The summed E-state index contributed by atoms with van der Waals surface area (Å²) < 4.78 is 5.41. The van der Waals surface area contributed by atoms with Crippen LogP contribution in [0, 0.1) is 6.92 Å². The van der Waals surface area contributed by atoms with Crippen LogP contribution in [0.4, 0.5) is 28.8 Å². The molecule has 0 atom stereocenters. The number of nitrogens with zero attached hydrogens (tertiary/aromatic N) is 2. The Bertz CT molecular complexity index is 1120. The van der Waals surface area contributed by atoms with Crippen LogP contribution in [-0.2, 0) is 4.79 Å². The Morgan fingerprint density at radius 3 is 2.79 bits per heavy atom. The molecule has 2 heterocycles. The molecule has 3 aromatic rings. The van der Waals surface area contributed by atoms with Crippen LogP contribution < -0.4 is 26.4 Å². The predicted octanol–water partition coefficient (Wildman–Crippen LogP) is 2.70. The molecule has 5 N–H and O–H groups in total. The Balaban J connectivity index is 1.61. The maximum Gasteiger partial charge on any atom is 0.262 e. The van der Waals surface area contributed by atoms with E-state index >= 15 is 0 Å². The van der Waals surface area contributed by atoms with Crippen molar-refractivity contribution in [3.05, 3.63) is 59.8 Å². The van der Waals surface area contributed by atoms with E-state index < -0.39 is 5.91 Å². The Morgan fingerprint density at radius 1 is 1.17 bits per heavy atom. The summed E-state index contributed by atoms with van der Waals surface area (Å²) >= 11 is 0. The van der Waals surface area contributed by atoms with Gasteiger partial charge in [0.05, 0.1) is 5.69 Å². The average Bonchev–Trinajstić information content (AvgIpc) is 2.68. The van der Waals surface area contributed by atoms with Gasteiger partial charge < -0.3 is 26.4 Å². The summed E-state index contributed by atoms with van der Waals surface area (Å²) in [6, 6.07) is 12.9. The van der Waals surface area contributed by atoms with E-state index in [2.05, 4.69) is 25.9 Å². The third-order valence-corrected chi connectivity index (χ3v) is 4.21. The number of benzene rings is 2. The minimum Gasteiger partial charge on any atom is -0.482 e. The molecule has 9 nitrogen and oxygen atoms in total. The molecule has 0 unspecified atom stereocenters. The van der Waals surface area contributed by atoms with Crippen LogP contribution in [0.2, 0.25) is 0 Å². The van der Waals surface area contributed by atoms with Crippen molar-refractivity contribution >= 4 is 40.6 Å². The van der Waals surface area contributed by atoms with E-state index in [1.807, 2.05) is 31.2 Å². The number of aryl methyl sites for hydroxylation is 1. The predicted molar refractivity (Wildman–Crippen MR) is 109 cm³/mol. The summed E-state index contributed by atoms with van der Waals surface area (Å²) in [6.07, 6.45) is 1.37. The largest absolute Gasteiger partial charge is 0.482 e. The Morgan fingerprint density at radius 2 is 2.00 bits per heavy atom. The van der Waals surface area contributed by atoms with E-state index in [4.69, 9.17) is 10.5 Å². The third kappa shape index (κ3) is 4.08. The van der Waals surface area contributed by atoms with Crippen molar-refractivity contribution in [3.8, 4) is 5.75 Å². The number of ether oxygens (including phenoxy) is 1. The first-order valence-corrected chi connectivity index (χ1v) is 8.82. The van der Waals surface area contributed by atoms with E-state index in [0.717, 1.165) is 11.3 Å². The Hall–Kier alpha value is -4.14. The van der Waals surface area contributed by atoms with Crippen molar-refractivity contribution in [1.82, 2.24) is 9.97 Å². The van der Waals surface area contributed by atoms with Crippen molar-refractivity contribution in [2.75, 3.05) is 22.6 Å². The zero-order valence-corrected chi connectivity index (χ0v) is 15.5. The fourth-order valence-electron chi connectivity index (χ4n) is 2.86. The molecule has 0 spiro atoms. The van der Waals surface area contributed by atoms with Gasteiger partial charge in [-0.05, 0) is 36.8 Å². The number of nitrogens with two attached hydrogens (primary N) is 1. The highest BCUT2D eigenvalue weighted by molar-refractivity contribution is 5.98. The second-order valence-electron chi connectivity index (χ2n) is 6.49. The lowest BCUT2D eigenvalue weighted by molar-refractivity contribution is -0.118.